The summed E-state index contributed by atoms with van der Waals surface area (Å²) in [6.45, 7) is 20.7. The van der Waals surface area contributed by atoms with Crippen molar-refractivity contribution in [1.82, 2.24) is 0 Å². The lowest BCUT2D eigenvalue weighted by Crippen LogP contribution is -2.54. The van der Waals surface area contributed by atoms with E-state index in [1.54, 1.807) is 11.1 Å². The highest BCUT2D eigenvalue weighted by molar-refractivity contribution is 14.1. The number of ether oxygens (including phenoxy) is 2. The summed E-state index contributed by atoms with van der Waals surface area (Å²) in [5, 5.41) is 0.265. The minimum absolute atomic E-state index is 0.122. The third-order valence-electron chi connectivity index (χ3n) is 11.1. The number of fused-ring (bicyclic) bond motifs is 5. The van der Waals surface area contributed by atoms with Crippen molar-refractivity contribution >= 4 is 30.9 Å². The van der Waals surface area contributed by atoms with E-state index in [0.29, 0.717) is 12.0 Å². The molecule has 4 aliphatic carbocycles. The summed E-state index contributed by atoms with van der Waals surface area (Å²) in [4.78, 5) is 0. The molecule has 0 radical (unpaired) electrons. The van der Waals surface area contributed by atoms with Crippen LogP contribution in [0.3, 0.4) is 0 Å². The summed E-state index contributed by atoms with van der Waals surface area (Å²) in [5.41, 5.74) is 3.99. The first-order valence-electron chi connectivity index (χ1n) is 14.1. The Balaban J connectivity index is 1.40. The van der Waals surface area contributed by atoms with Crippen LogP contribution >= 0.6 is 22.6 Å². The zero-order valence-electron chi connectivity index (χ0n) is 23.6. The van der Waals surface area contributed by atoms with E-state index in [4.69, 9.17) is 13.9 Å². The van der Waals surface area contributed by atoms with E-state index < -0.39 is 8.32 Å². The van der Waals surface area contributed by atoms with Gasteiger partial charge in [0.25, 0.3) is 0 Å². The molecule has 0 aromatic rings. The van der Waals surface area contributed by atoms with E-state index in [9.17, 15) is 0 Å². The molecule has 0 aromatic heterocycles. The fourth-order valence-electron chi connectivity index (χ4n) is 7.63. The number of hydrogen-bond donors (Lipinski definition) is 0. The molecular weight excluding hydrogens is 563 g/mol. The molecule has 1 aliphatic heterocycles. The van der Waals surface area contributed by atoms with Crippen LogP contribution in [0, 0.1) is 28.1 Å². The Bertz CT molecular complexity index is 905. The minimum Gasteiger partial charge on any atom is -0.413 e. The van der Waals surface area contributed by atoms with Crippen molar-refractivity contribution < 1.29 is 13.9 Å². The number of rotatable bonds is 3. The molecule has 3 nitrogen and oxygen atoms in total. The van der Waals surface area contributed by atoms with Gasteiger partial charge < -0.3 is 13.9 Å². The summed E-state index contributed by atoms with van der Waals surface area (Å²) < 4.78 is 21.2. The van der Waals surface area contributed by atoms with Gasteiger partial charge in [0.15, 0.2) is 14.1 Å². The van der Waals surface area contributed by atoms with Gasteiger partial charge in [-0.25, -0.2) is 0 Å². The predicted octanol–water partition coefficient (Wildman–Crippen LogP) is 8.44. The van der Waals surface area contributed by atoms with Crippen molar-refractivity contribution in [2.75, 3.05) is 17.6 Å². The zero-order valence-corrected chi connectivity index (χ0v) is 26.7. The van der Waals surface area contributed by atoms with E-state index in [0.717, 1.165) is 38.4 Å². The van der Waals surface area contributed by atoms with Gasteiger partial charge in [-0.15, -0.1) is 0 Å². The number of allylic oxidation sites excluding steroid dienone is 3. The van der Waals surface area contributed by atoms with Gasteiger partial charge in [-0.2, -0.15) is 0 Å². The smallest absolute Gasteiger partial charge is 0.192 e. The van der Waals surface area contributed by atoms with Gasteiger partial charge in [0.1, 0.15) is 0 Å². The molecule has 198 valence electrons. The van der Waals surface area contributed by atoms with Gasteiger partial charge >= 0.3 is 0 Å². The summed E-state index contributed by atoms with van der Waals surface area (Å²) in [6.07, 6.45) is 13.8. The van der Waals surface area contributed by atoms with Crippen molar-refractivity contribution in [3.8, 4) is 0 Å². The van der Waals surface area contributed by atoms with Crippen LogP contribution in [0.25, 0.3) is 0 Å². The van der Waals surface area contributed by atoms with Crippen LogP contribution in [0.4, 0.5) is 0 Å². The third kappa shape index (κ3) is 4.30. The zero-order chi connectivity index (χ0) is 25.5. The maximum absolute atomic E-state index is 7.13. The molecule has 2 saturated carbocycles. The molecule has 0 N–H and O–H groups in total. The Morgan fingerprint density at radius 3 is 2.37 bits per heavy atom. The van der Waals surface area contributed by atoms with Crippen molar-refractivity contribution in [2.24, 2.45) is 28.1 Å². The van der Waals surface area contributed by atoms with Gasteiger partial charge in [0.2, 0.25) is 0 Å². The second kappa shape index (κ2) is 8.66. The average molecular weight is 613 g/mol. The molecule has 2 unspecified atom stereocenters. The summed E-state index contributed by atoms with van der Waals surface area (Å²) in [5.74, 6) is 1.04. The summed E-state index contributed by atoms with van der Waals surface area (Å²) in [7, 11) is -1.78. The molecule has 1 saturated heterocycles. The molecule has 0 aromatic carbocycles. The van der Waals surface area contributed by atoms with Crippen molar-refractivity contribution in [3.63, 3.8) is 0 Å². The first-order valence-corrected chi connectivity index (χ1v) is 18.5. The highest BCUT2D eigenvalue weighted by Crippen LogP contribution is 2.65. The maximum Gasteiger partial charge on any atom is 0.192 e. The fourth-order valence-corrected chi connectivity index (χ4v) is 10.4. The molecule has 35 heavy (non-hydrogen) atoms. The van der Waals surface area contributed by atoms with Crippen LogP contribution in [-0.4, -0.2) is 37.8 Å². The molecule has 5 rings (SSSR count). The van der Waals surface area contributed by atoms with Crippen molar-refractivity contribution in [1.29, 1.82) is 0 Å². The summed E-state index contributed by atoms with van der Waals surface area (Å²) in [6, 6.07) is 0. The van der Waals surface area contributed by atoms with E-state index in [-0.39, 0.29) is 27.1 Å². The minimum atomic E-state index is -1.78. The molecule has 0 amide bonds. The van der Waals surface area contributed by atoms with Gasteiger partial charge in [-0.3, -0.25) is 0 Å². The number of hydrogen-bond acceptors (Lipinski definition) is 3. The lowest BCUT2D eigenvalue weighted by Gasteiger charge is -2.57. The summed E-state index contributed by atoms with van der Waals surface area (Å²) >= 11 is 2.68. The van der Waals surface area contributed by atoms with Gasteiger partial charge in [-0.05, 0) is 67.5 Å². The monoisotopic (exact) mass is 612 g/mol. The highest BCUT2D eigenvalue weighted by atomic mass is 127. The lowest BCUT2D eigenvalue weighted by molar-refractivity contribution is -0.308. The Morgan fingerprint density at radius 2 is 1.74 bits per heavy atom. The molecular formula is C30H49IO3Si. The molecule has 5 heteroatoms. The van der Waals surface area contributed by atoms with E-state index in [1.165, 1.54) is 30.1 Å². The first kappa shape index (κ1) is 26.9. The molecule has 3 fully saturated rings. The molecule has 0 bridgehead atoms. The Labute approximate surface area is 229 Å². The quantitative estimate of drug-likeness (QED) is 0.139. The maximum atomic E-state index is 7.13. The Morgan fingerprint density at radius 1 is 1.06 bits per heavy atom. The Kier molecular flexibility index (Phi) is 6.65. The SMILES string of the molecule is CC1(C)COC2(CC[C@@]3(CI)C(=CCC4C3=CC[C@@]3(C)C4CC[C@@H]3O[Si](C)(C)C(C)(C)C)C2)OC1. The molecule has 5 aliphatic rings. The van der Waals surface area contributed by atoms with E-state index >= 15 is 0 Å². The molecule has 1 heterocycles. The molecule has 1 spiro atoms. The van der Waals surface area contributed by atoms with E-state index in [2.05, 4.69) is 89.4 Å². The van der Waals surface area contributed by atoms with E-state index in [1.807, 2.05) is 0 Å². The van der Waals surface area contributed by atoms with Crippen molar-refractivity contribution in [2.45, 2.75) is 117 Å². The normalized spacial score (nSPS) is 40.4. The lowest BCUT2D eigenvalue weighted by atomic mass is 9.52. The van der Waals surface area contributed by atoms with Crippen LogP contribution in [0.15, 0.2) is 23.3 Å². The second-order valence-corrected chi connectivity index (χ2v) is 20.6. The average Bonchev–Trinajstić information content (AvgIpc) is 3.11. The number of alkyl halides is 1. The topological polar surface area (TPSA) is 27.7 Å². The van der Waals surface area contributed by atoms with Gasteiger partial charge in [0.05, 0.1) is 19.3 Å². The second-order valence-electron chi connectivity index (χ2n) is 15.0. The standard InChI is InChI=1S/C30H49IO3Si/c1-26(2,3)35(7,8)34-25-12-11-23-22-10-9-21-17-30(32-19-27(4,5)20-33-30)16-15-29(21,18-31)24(22)13-14-28(23,25)6/h9,13,22-23,25H,10-12,14-20H2,1-8H3/t22?,23?,25-,28-,29+/m0/s1. The Hall–Kier alpha value is 0.307. The van der Waals surface area contributed by atoms with Crippen LogP contribution in [0.5, 0.6) is 0 Å². The van der Waals surface area contributed by atoms with Crippen LogP contribution in [0.2, 0.25) is 18.1 Å². The third-order valence-corrected chi connectivity index (χ3v) is 16.9. The van der Waals surface area contributed by atoms with Crippen LogP contribution < -0.4 is 0 Å². The first-order chi connectivity index (χ1) is 16.2. The predicted molar refractivity (Wildman–Crippen MR) is 155 cm³/mol. The largest absolute Gasteiger partial charge is 0.413 e. The van der Waals surface area contributed by atoms with Crippen LogP contribution in [0.1, 0.15) is 86.5 Å². The van der Waals surface area contributed by atoms with Gasteiger partial charge in [0, 0.05) is 28.1 Å². The van der Waals surface area contributed by atoms with Crippen LogP contribution in [-0.2, 0) is 13.9 Å². The van der Waals surface area contributed by atoms with Crippen molar-refractivity contribution in [3.05, 3.63) is 23.3 Å². The highest BCUT2D eigenvalue weighted by Gasteiger charge is 2.60. The fraction of sp³-hybridized carbons (Fsp3) is 0.867. The molecule has 5 atom stereocenters. The van der Waals surface area contributed by atoms with Gasteiger partial charge in [-0.1, -0.05) is 87.4 Å². The number of halogens is 1.